The van der Waals surface area contributed by atoms with E-state index in [0.29, 0.717) is 29.7 Å². The van der Waals surface area contributed by atoms with Gasteiger partial charge in [-0.3, -0.25) is 4.79 Å². The molecule has 2 aromatic rings. The summed E-state index contributed by atoms with van der Waals surface area (Å²) in [6.07, 6.45) is 0. The van der Waals surface area contributed by atoms with Gasteiger partial charge in [-0.2, -0.15) is 0 Å². The molecular weight excluding hydrogens is 328 g/mol. The fourth-order valence-corrected chi connectivity index (χ4v) is 2.87. The van der Waals surface area contributed by atoms with Gasteiger partial charge in [-0.1, -0.05) is 0 Å². The predicted octanol–water partition coefficient (Wildman–Crippen LogP) is 4.58. The van der Waals surface area contributed by atoms with Crippen LogP contribution in [0.25, 0.3) is 0 Å². The van der Waals surface area contributed by atoms with Gasteiger partial charge in [0.2, 0.25) is 0 Å². The van der Waals surface area contributed by atoms with Crippen molar-refractivity contribution >= 4 is 17.3 Å². The molecule has 2 rings (SSSR count). The first-order valence-corrected chi connectivity index (χ1v) is 8.99. The smallest absolute Gasteiger partial charge is 0.255 e. The number of rotatable bonds is 8. The predicted molar refractivity (Wildman–Crippen MR) is 107 cm³/mol. The standard InChI is InChI=1S/C21H28N2O3/c1-6-23(15(3)4)18-11-9-17(10-12-18)22-21(24)16-8-13-19(25-5)20(14-16)26-7-2/h8-15H,6-7H2,1-5H3,(H,22,24). The van der Waals surface area contributed by atoms with Gasteiger partial charge in [0, 0.05) is 29.5 Å². The molecule has 5 heteroatoms. The quantitative estimate of drug-likeness (QED) is 0.752. The Bertz CT molecular complexity index is 727. The van der Waals surface area contributed by atoms with Crippen molar-refractivity contribution in [2.75, 3.05) is 30.5 Å². The van der Waals surface area contributed by atoms with Crippen molar-refractivity contribution in [2.45, 2.75) is 33.7 Å². The monoisotopic (exact) mass is 356 g/mol. The lowest BCUT2D eigenvalue weighted by Gasteiger charge is -2.27. The van der Waals surface area contributed by atoms with Crippen molar-refractivity contribution in [3.8, 4) is 11.5 Å². The molecule has 0 radical (unpaired) electrons. The zero-order chi connectivity index (χ0) is 19.1. The molecular formula is C21H28N2O3. The van der Waals surface area contributed by atoms with E-state index < -0.39 is 0 Å². The van der Waals surface area contributed by atoms with E-state index in [2.05, 4.69) is 31.0 Å². The molecule has 0 aromatic heterocycles. The number of nitrogens with one attached hydrogen (secondary N) is 1. The Morgan fingerprint density at radius 2 is 1.77 bits per heavy atom. The molecule has 140 valence electrons. The molecule has 0 aliphatic heterocycles. The van der Waals surface area contributed by atoms with Gasteiger partial charge in [0.25, 0.3) is 5.91 Å². The van der Waals surface area contributed by atoms with Crippen LogP contribution in [0.15, 0.2) is 42.5 Å². The van der Waals surface area contributed by atoms with Crippen LogP contribution >= 0.6 is 0 Å². The van der Waals surface area contributed by atoms with Gasteiger partial charge in [0.1, 0.15) is 0 Å². The van der Waals surface area contributed by atoms with Gasteiger partial charge >= 0.3 is 0 Å². The summed E-state index contributed by atoms with van der Waals surface area (Å²) in [6, 6.07) is 13.5. The Morgan fingerprint density at radius 1 is 1.08 bits per heavy atom. The number of methoxy groups -OCH3 is 1. The summed E-state index contributed by atoms with van der Waals surface area (Å²) in [4.78, 5) is 14.8. The van der Waals surface area contributed by atoms with Crippen molar-refractivity contribution < 1.29 is 14.3 Å². The lowest BCUT2D eigenvalue weighted by Crippen LogP contribution is -2.30. The maximum Gasteiger partial charge on any atom is 0.255 e. The molecule has 0 spiro atoms. The maximum absolute atomic E-state index is 12.5. The van der Waals surface area contributed by atoms with Crippen molar-refractivity contribution in [2.24, 2.45) is 0 Å². The van der Waals surface area contributed by atoms with Crippen LogP contribution in [0, 0.1) is 0 Å². The summed E-state index contributed by atoms with van der Waals surface area (Å²) < 4.78 is 10.8. The lowest BCUT2D eigenvalue weighted by atomic mass is 10.1. The van der Waals surface area contributed by atoms with Crippen LogP contribution in [0.5, 0.6) is 11.5 Å². The average molecular weight is 356 g/mol. The summed E-state index contributed by atoms with van der Waals surface area (Å²) in [5, 5.41) is 2.92. The van der Waals surface area contributed by atoms with E-state index in [1.54, 1.807) is 25.3 Å². The third kappa shape index (κ3) is 4.69. The van der Waals surface area contributed by atoms with Crippen LogP contribution in [0.1, 0.15) is 38.1 Å². The van der Waals surface area contributed by atoms with Crippen molar-refractivity contribution in [1.29, 1.82) is 0 Å². The van der Waals surface area contributed by atoms with Crippen molar-refractivity contribution in [3.63, 3.8) is 0 Å². The SMILES string of the molecule is CCOc1cc(C(=O)Nc2ccc(N(CC)C(C)C)cc2)ccc1OC. The number of hydrogen-bond acceptors (Lipinski definition) is 4. The van der Waals surface area contributed by atoms with E-state index in [1.807, 2.05) is 31.2 Å². The highest BCUT2D eigenvalue weighted by Crippen LogP contribution is 2.28. The van der Waals surface area contributed by atoms with Gasteiger partial charge in [0.15, 0.2) is 11.5 Å². The molecule has 5 nitrogen and oxygen atoms in total. The fraction of sp³-hybridized carbons (Fsp3) is 0.381. The Morgan fingerprint density at radius 3 is 2.31 bits per heavy atom. The zero-order valence-corrected chi connectivity index (χ0v) is 16.2. The molecule has 0 saturated heterocycles. The first-order chi connectivity index (χ1) is 12.5. The normalized spacial score (nSPS) is 10.5. The van der Waals surface area contributed by atoms with Gasteiger partial charge in [0.05, 0.1) is 13.7 Å². The Labute approximate surface area is 155 Å². The minimum atomic E-state index is -0.183. The van der Waals surface area contributed by atoms with E-state index in [1.165, 1.54) is 0 Å². The molecule has 0 bridgehead atoms. The highest BCUT2D eigenvalue weighted by atomic mass is 16.5. The van der Waals surface area contributed by atoms with Gasteiger partial charge in [-0.05, 0) is 70.2 Å². The summed E-state index contributed by atoms with van der Waals surface area (Å²) >= 11 is 0. The van der Waals surface area contributed by atoms with Crippen LogP contribution in [-0.4, -0.2) is 32.2 Å². The number of nitrogens with zero attached hydrogens (tertiary/aromatic N) is 1. The first kappa shape index (κ1) is 19.6. The van der Waals surface area contributed by atoms with Crippen LogP contribution in [-0.2, 0) is 0 Å². The number of amides is 1. The minimum absolute atomic E-state index is 0.183. The number of hydrogen-bond donors (Lipinski definition) is 1. The molecule has 0 saturated carbocycles. The summed E-state index contributed by atoms with van der Waals surface area (Å²) in [5.74, 6) is 0.993. The minimum Gasteiger partial charge on any atom is -0.493 e. The van der Waals surface area contributed by atoms with E-state index in [4.69, 9.17) is 9.47 Å². The number of anilines is 2. The molecule has 0 heterocycles. The van der Waals surface area contributed by atoms with Crippen molar-refractivity contribution in [1.82, 2.24) is 0 Å². The molecule has 0 fully saturated rings. The van der Waals surface area contributed by atoms with E-state index in [9.17, 15) is 4.79 Å². The molecule has 26 heavy (non-hydrogen) atoms. The zero-order valence-electron chi connectivity index (χ0n) is 16.2. The molecule has 0 aliphatic carbocycles. The second-order valence-electron chi connectivity index (χ2n) is 6.18. The summed E-state index contributed by atoms with van der Waals surface area (Å²) in [7, 11) is 1.58. The molecule has 0 aliphatic rings. The molecule has 0 atom stereocenters. The van der Waals surface area contributed by atoms with Crippen LogP contribution < -0.4 is 19.7 Å². The van der Waals surface area contributed by atoms with Crippen molar-refractivity contribution in [3.05, 3.63) is 48.0 Å². The highest BCUT2D eigenvalue weighted by molar-refractivity contribution is 6.04. The average Bonchev–Trinajstić information content (AvgIpc) is 2.63. The van der Waals surface area contributed by atoms with E-state index >= 15 is 0 Å². The molecule has 1 N–H and O–H groups in total. The largest absolute Gasteiger partial charge is 0.493 e. The van der Waals surface area contributed by atoms with Crippen LogP contribution in [0.4, 0.5) is 11.4 Å². The number of carbonyl (C=O) groups is 1. The Kier molecular flexibility index (Phi) is 6.89. The number of carbonyl (C=O) groups excluding carboxylic acids is 1. The van der Waals surface area contributed by atoms with E-state index in [-0.39, 0.29) is 5.91 Å². The van der Waals surface area contributed by atoms with Crippen LogP contribution in [0.2, 0.25) is 0 Å². The number of benzene rings is 2. The molecule has 0 unspecified atom stereocenters. The van der Waals surface area contributed by atoms with Gasteiger partial charge in [-0.15, -0.1) is 0 Å². The third-order valence-electron chi connectivity index (χ3n) is 4.15. The molecule has 1 amide bonds. The Balaban J connectivity index is 2.13. The second-order valence-corrected chi connectivity index (χ2v) is 6.18. The summed E-state index contributed by atoms with van der Waals surface area (Å²) in [5.41, 5.74) is 2.42. The van der Waals surface area contributed by atoms with E-state index in [0.717, 1.165) is 17.9 Å². The summed E-state index contributed by atoms with van der Waals surface area (Å²) in [6.45, 7) is 9.81. The Hall–Kier alpha value is -2.69. The topological polar surface area (TPSA) is 50.8 Å². The third-order valence-corrected chi connectivity index (χ3v) is 4.15. The van der Waals surface area contributed by atoms with Gasteiger partial charge < -0.3 is 19.7 Å². The second kappa shape index (κ2) is 9.13. The maximum atomic E-state index is 12.5. The fourth-order valence-electron chi connectivity index (χ4n) is 2.87. The van der Waals surface area contributed by atoms with Gasteiger partial charge in [-0.25, -0.2) is 0 Å². The van der Waals surface area contributed by atoms with Crippen LogP contribution in [0.3, 0.4) is 0 Å². The highest BCUT2D eigenvalue weighted by Gasteiger charge is 2.12. The number of ether oxygens (including phenoxy) is 2. The lowest BCUT2D eigenvalue weighted by molar-refractivity contribution is 0.102. The molecule has 2 aromatic carbocycles. The first-order valence-electron chi connectivity index (χ1n) is 8.99.